The molecular formula is C18H22N2O2S. The van der Waals surface area contributed by atoms with Crippen molar-refractivity contribution in [3.63, 3.8) is 0 Å². The molecule has 0 bridgehead atoms. The summed E-state index contributed by atoms with van der Waals surface area (Å²) in [5, 5.41) is 0. The third-order valence-corrected chi connectivity index (χ3v) is 6.39. The van der Waals surface area contributed by atoms with Crippen LogP contribution in [-0.2, 0) is 16.6 Å². The van der Waals surface area contributed by atoms with Crippen molar-refractivity contribution in [1.29, 1.82) is 0 Å². The van der Waals surface area contributed by atoms with E-state index in [0.29, 0.717) is 6.54 Å². The first-order valence-electron chi connectivity index (χ1n) is 7.75. The van der Waals surface area contributed by atoms with E-state index in [1.165, 1.54) is 9.87 Å². The fraction of sp³-hybridized carbons (Fsp3) is 0.333. The summed E-state index contributed by atoms with van der Waals surface area (Å²) in [4.78, 5) is 0. The molecule has 3 rings (SSSR count). The summed E-state index contributed by atoms with van der Waals surface area (Å²) in [7, 11) is -0.314. The molecule has 1 aliphatic heterocycles. The molecule has 23 heavy (non-hydrogen) atoms. The molecule has 1 heterocycles. The second-order valence-corrected chi connectivity index (χ2v) is 8.20. The maximum Gasteiger partial charge on any atom is 0.282 e. The van der Waals surface area contributed by atoms with Gasteiger partial charge in [0.25, 0.3) is 10.2 Å². The second-order valence-electron chi connectivity index (χ2n) is 6.11. The van der Waals surface area contributed by atoms with E-state index in [2.05, 4.69) is 6.07 Å². The Kier molecular flexibility index (Phi) is 4.27. The summed E-state index contributed by atoms with van der Waals surface area (Å²) in [6.07, 6.45) is 0.742. The first-order valence-corrected chi connectivity index (χ1v) is 9.15. The van der Waals surface area contributed by atoms with Gasteiger partial charge >= 0.3 is 0 Å². The van der Waals surface area contributed by atoms with Crippen LogP contribution in [0.3, 0.4) is 0 Å². The van der Waals surface area contributed by atoms with Gasteiger partial charge in [0.2, 0.25) is 0 Å². The molecule has 0 N–H and O–H groups in total. The van der Waals surface area contributed by atoms with Crippen LogP contribution in [-0.4, -0.2) is 37.7 Å². The highest BCUT2D eigenvalue weighted by molar-refractivity contribution is 7.86. The SMILES string of the molecule is Cc1ccccc1C1c2ccccc2CCN1S(=O)(=O)N(C)C. The predicted octanol–water partition coefficient (Wildman–Crippen LogP) is 2.75. The fourth-order valence-corrected chi connectivity index (χ4v) is 4.45. The van der Waals surface area contributed by atoms with Crippen LogP contribution in [0.25, 0.3) is 0 Å². The van der Waals surface area contributed by atoms with Crippen molar-refractivity contribution in [2.75, 3.05) is 20.6 Å². The molecule has 0 radical (unpaired) electrons. The van der Waals surface area contributed by atoms with Crippen LogP contribution in [0.4, 0.5) is 0 Å². The van der Waals surface area contributed by atoms with Gasteiger partial charge in [-0.05, 0) is 35.6 Å². The molecule has 0 spiro atoms. The molecule has 0 saturated heterocycles. The first kappa shape index (κ1) is 16.2. The van der Waals surface area contributed by atoms with Crippen LogP contribution in [0, 0.1) is 6.92 Å². The highest BCUT2D eigenvalue weighted by Gasteiger charge is 2.37. The maximum atomic E-state index is 12.8. The molecule has 0 amide bonds. The average molecular weight is 330 g/mol. The Morgan fingerprint density at radius 3 is 2.26 bits per heavy atom. The smallest absolute Gasteiger partial charge is 0.195 e. The van der Waals surface area contributed by atoms with E-state index < -0.39 is 10.2 Å². The van der Waals surface area contributed by atoms with Crippen molar-refractivity contribution < 1.29 is 8.42 Å². The van der Waals surface area contributed by atoms with E-state index in [1.54, 1.807) is 18.4 Å². The van der Waals surface area contributed by atoms with Crippen LogP contribution in [0.1, 0.15) is 28.3 Å². The zero-order chi connectivity index (χ0) is 16.6. The standard InChI is InChI=1S/C18H22N2O2S/c1-14-8-4-6-10-16(14)18-17-11-7-5-9-15(17)12-13-20(18)23(21,22)19(2)3/h4-11,18H,12-13H2,1-3H3. The highest BCUT2D eigenvalue weighted by atomic mass is 32.2. The van der Waals surface area contributed by atoms with E-state index in [4.69, 9.17) is 0 Å². The molecule has 0 aliphatic carbocycles. The molecule has 122 valence electrons. The number of hydrogen-bond acceptors (Lipinski definition) is 2. The molecule has 0 aromatic heterocycles. The Balaban J connectivity index is 2.21. The van der Waals surface area contributed by atoms with Gasteiger partial charge in [-0.3, -0.25) is 0 Å². The van der Waals surface area contributed by atoms with Gasteiger partial charge in [0.05, 0.1) is 6.04 Å². The molecule has 0 fully saturated rings. The van der Waals surface area contributed by atoms with E-state index in [0.717, 1.165) is 23.1 Å². The van der Waals surface area contributed by atoms with Gasteiger partial charge in [-0.25, -0.2) is 0 Å². The van der Waals surface area contributed by atoms with Crippen LogP contribution >= 0.6 is 0 Å². The lowest BCUT2D eigenvalue weighted by Gasteiger charge is -2.38. The summed E-state index contributed by atoms with van der Waals surface area (Å²) in [6, 6.07) is 15.9. The molecule has 0 saturated carbocycles. The molecule has 2 aromatic rings. The topological polar surface area (TPSA) is 40.6 Å². The van der Waals surface area contributed by atoms with Gasteiger partial charge in [0.15, 0.2) is 0 Å². The predicted molar refractivity (Wildman–Crippen MR) is 92.5 cm³/mol. The zero-order valence-corrected chi connectivity index (χ0v) is 14.5. The molecule has 1 atom stereocenters. The van der Waals surface area contributed by atoms with Crippen LogP contribution in [0.2, 0.25) is 0 Å². The summed E-state index contributed by atoms with van der Waals surface area (Å²) in [6.45, 7) is 2.53. The summed E-state index contributed by atoms with van der Waals surface area (Å²) in [5.74, 6) is 0. The number of benzene rings is 2. The number of aryl methyl sites for hydroxylation is 1. The maximum absolute atomic E-state index is 12.8. The molecular weight excluding hydrogens is 308 g/mol. The van der Waals surface area contributed by atoms with Gasteiger partial charge in [-0.1, -0.05) is 48.5 Å². The summed E-state index contributed by atoms with van der Waals surface area (Å²) in [5.41, 5.74) is 4.46. The number of hydrogen-bond donors (Lipinski definition) is 0. The Morgan fingerprint density at radius 1 is 1.00 bits per heavy atom. The van der Waals surface area contributed by atoms with Crippen LogP contribution < -0.4 is 0 Å². The van der Waals surface area contributed by atoms with Gasteiger partial charge < -0.3 is 0 Å². The Hall–Kier alpha value is -1.69. The number of rotatable bonds is 3. The lowest BCUT2D eigenvalue weighted by molar-refractivity contribution is 0.319. The van der Waals surface area contributed by atoms with E-state index in [9.17, 15) is 8.42 Å². The van der Waals surface area contributed by atoms with Gasteiger partial charge in [-0.2, -0.15) is 17.0 Å². The Morgan fingerprint density at radius 2 is 1.61 bits per heavy atom. The lowest BCUT2D eigenvalue weighted by Crippen LogP contribution is -2.46. The minimum atomic E-state index is -3.49. The third-order valence-electron chi connectivity index (χ3n) is 4.48. The summed E-state index contributed by atoms with van der Waals surface area (Å²) < 4.78 is 28.6. The number of fused-ring (bicyclic) bond motifs is 1. The van der Waals surface area contributed by atoms with Gasteiger partial charge in [0.1, 0.15) is 0 Å². The quantitative estimate of drug-likeness (QED) is 0.868. The van der Waals surface area contributed by atoms with Crippen molar-refractivity contribution >= 4 is 10.2 Å². The minimum absolute atomic E-state index is 0.270. The summed E-state index contributed by atoms with van der Waals surface area (Å²) >= 11 is 0. The molecule has 1 unspecified atom stereocenters. The van der Waals surface area contributed by atoms with Crippen molar-refractivity contribution in [2.24, 2.45) is 0 Å². The van der Waals surface area contributed by atoms with Gasteiger partial charge in [0, 0.05) is 20.6 Å². The monoisotopic (exact) mass is 330 g/mol. The average Bonchev–Trinajstić information content (AvgIpc) is 2.54. The van der Waals surface area contributed by atoms with E-state index in [-0.39, 0.29) is 6.04 Å². The molecule has 4 nitrogen and oxygen atoms in total. The number of nitrogens with zero attached hydrogens (tertiary/aromatic N) is 2. The van der Waals surface area contributed by atoms with Crippen molar-refractivity contribution in [3.8, 4) is 0 Å². The highest BCUT2D eigenvalue weighted by Crippen LogP contribution is 2.38. The zero-order valence-electron chi connectivity index (χ0n) is 13.7. The second kappa shape index (κ2) is 6.07. The molecule has 1 aliphatic rings. The van der Waals surface area contributed by atoms with Crippen molar-refractivity contribution in [1.82, 2.24) is 8.61 Å². The molecule has 5 heteroatoms. The normalized spacial score (nSPS) is 18.9. The minimum Gasteiger partial charge on any atom is -0.195 e. The van der Waals surface area contributed by atoms with Crippen molar-refractivity contribution in [3.05, 3.63) is 70.8 Å². The van der Waals surface area contributed by atoms with Crippen molar-refractivity contribution in [2.45, 2.75) is 19.4 Å². The Labute approximate surface area is 138 Å². The van der Waals surface area contributed by atoms with Crippen LogP contribution in [0.5, 0.6) is 0 Å². The van der Waals surface area contributed by atoms with Gasteiger partial charge in [-0.15, -0.1) is 0 Å². The third kappa shape index (κ3) is 2.80. The molecule has 2 aromatic carbocycles. The fourth-order valence-electron chi connectivity index (χ4n) is 3.22. The first-order chi connectivity index (χ1) is 10.9. The lowest BCUT2D eigenvalue weighted by atomic mass is 9.88. The van der Waals surface area contributed by atoms with E-state index >= 15 is 0 Å². The van der Waals surface area contributed by atoms with Crippen LogP contribution in [0.15, 0.2) is 48.5 Å². The Bertz CT molecular complexity index is 815. The van der Waals surface area contributed by atoms with E-state index in [1.807, 2.05) is 49.4 Å². The largest absolute Gasteiger partial charge is 0.282 e.